The predicted octanol–water partition coefficient (Wildman–Crippen LogP) is 3.92. The summed E-state index contributed by atoms with van der Waals surface area (Å²) in [5.41, 5.74) is 0.514. The second kappa shape index (κ2) is 10.8. The molecule has 2 amide bonds. The molecule has 2 aliphatic carbocycles. The lowest BCUT2D eigenvalue weighted by atomic mass is 9.87. The number of halogens is 1. The van der Waals surface area contributed by atoms with Crippen LogP contribution in [0.5, 0.6) is 5.75 Å². The zero-order chi connectivity index (χ0) is 23.4. The molecule has 1 heterocycles. The molecule has 0 aromatic heterocycles. The van der Waals surface area contributed by atoms with E-state index in [1.807, 2.05) is 0 Å². The Morgan fingerprint density at radius 2 is 1.67 bits per heavy atom. The van der Waals surface area contributed by atoms with Gasteiger partial charge in [-0.2, -0.15) is 0 Å². The average molecular weight is 493 g/mol. The van der Waals surface area contributed by atoms with E-state index in [-0.39, 0.29) is 29.1 Å². The summed E-state index contributed by atoms with van der Waals surface area (Å²) in [5, 5.41) is 15.4. The van der Waals surface area contributed by atoms with Crippen LogP contribution in [0.15, 0.2) is 34.2 Å². The number of nitrogens with one attached hydrogen (secondary N) is 2. The summed E-state index contributed by atoms with van der Waals surface area (Å²) in [4.78, 5) is 37.0. The lowest BCUT2D eigenvalue weighted by molar-refractivity contribution is -0.143. The second-order valence-electron chi connectivity index (χ2n) is 8.86. The summed E-state index contributed by atoms with van der Waals surface area (Å²) in [6.07, 6.45) is 5.62. The molecule has 1 aliphatic heterocycles. The number of amides is 2. The topological polar surface area (TPSA) is 105 Å². The number of thioether (sulfide) groups is 1. The van der Waals surface area contributed by atoms with Crippen LogP contribution in [-0.2, 0) is 9.59 Å². The molecule has 2 fully saturated rings. The lowest BCUT2D eigenvalue weighted by Gasteiger charge is -2.26. The third kappa shape index (κ3) is 6.44. The van der Waals surface area contributed by atoms with E-state index in [1.54, 1.807) is 36.0 Å². The molecule has 7 nitrogen and oxygen atoms in total. The van der Waals surface area contributed by atoms with E-state index >= 15 is 0 Å². The Hall–Kier alpha value is -2.19. The van der Waals surface area contributed by atoms with Gasteiger partial charge in [-0.05, 0) is 68.7 Å². The maximum atomic E-state index is 12.4. The fourth-order valence-corrected chi connectivity index (χ4v) is 6.13. The number of aliphatic carboxylic acids is 1. The van der Waals surface area contributed by atoms with Gasteiger partial charge < -0.3 is 20.5 Å². The number of carboxylic acid groups (broad SMARTS) is 1. The van der Waals surface area contributed by atoms with Crippen molar-refractivity contribution in [1.29, 1.82) is 0 Å². The SMILES string of the molecule is O=C(NCCNC(=O)C1CC(Cl)=C(C2CC2)S1)c1ccc(O[C@H]2CC[C@@H](C(=O)O)CC2)cc1. The Labute approximate surface area is 202 Å². The van der Waals surface area contributed by atoms with Crippen molar-refractivity contribution in [3.63, 3.8) is 0 Å². The highest BCUT2D eigenvalue weighted by molar-refractivity contribution is 8.04. The summed E-state index contributed by atoms with van der Waals surface area (Å²) in [5.74, 6) is -0.0271. The third-order valence-corrected chi connectivity index (χ3v) is 8.26. The number of ether oxygens (including phenoxy) is 1. The van der Waals surface area contributed by atoms with Gasteiger partial charge >= 0.3 is 5.97 Å². The van der Waals surface area contributed by atoms with Gasteiger partial charge in [0.1, 0.15) is 5.75 Å². The minimum atomic E-state index is -0.732. The average Bonchev–Trinajstić information content (AvgIpc) is 3.58. The van der Waals surface area contributed by atoms with Crippen molar-refractivity contribution in [3.05, 3.63) is 39.8 Å². The van der Waals surface area contributed by atoms with Crippen LogP contribution in [0.4, 0.5) is 0 Å². The van der Waals surface area contributed by atoms with Crippen LogP contribution in [0.1, 0.15) is 55.3 Å². The summed E-state index contributed by atoms with van der Waals surface area (Å²) >= 11 is 7.88. The van der Waals surface area contributed by atoms with E-state index in [4.69, 9.17) is 21.4 Å². The zero-order valence-corrected chi connectivity index (χ0v) is 19.9. The third-order valence-electron chi connectivity index (χ3n) is 6.29. The summed E-state index contributed by atoms with van der Waals surface area (Å²) in [6, 6.07) is 6.92. The number of rotatable bonds is 9. The van der Waals surface area contributed by atoms with E-state index < -0.39 is 5.97 Å². The molecule has 0 radical (unpaired) electrons. The highest BCUT2D eigenvalue weighted by Crippen LogP contribution is 2.51. The van der Waals surface area contributed by atoms with Crippen molar-refractivity contribution < 1.29 is 24.2 Å². The van der Waals surface area contributed by atoms with Crippen molar-refractivity contribution in [2.24, 2.45) is 11.8 Å². The van der Waals surface area contributed by atoms with E-state index in [1.165, 1.54) is 17.7 Å². The van der Waals surface area contributed by atoms with Crippen molar-refractivity contribution in [2.75, 3.05) is 13.1 Å². The maximum absolute atomic E-state index is 12.4. The fourth-order valence-electron chi connectivity index (χ4n) is 4.21. The number of allylic oxidation sites excluding steroid dienone is 2. The standard InChI is InChI=1S/C24H29ClN2O5S/c25-19-13-20(33-21(19)14-1-2-14)23(29)27-12-11-26-22(28)15-3-7-17(8-4-15)32-18-9-5-16(6-10-18)24(30)31/h3-4,7-8,14,16,18,20H,1-2,5-6,9-13H2,(H,26,28)(H,27,29)(H,30,31)/t16-,18+,20?. The predicted molar refractivity (Wildman–Crippen MR) is 127 cm³/mol. The Kier molecular flexibility index (Phi) is 7.86. The quantitative estimate of drug-likeness (QED) is 0.451. The first-order chi connectivity index (χ1) is 15.9. The first-order valence-corrected chi connectivity index (χ1v) is 12.8. The van der Waals surface area contributed by atoms with Crippen LogP contribution in [-0.4, -0.2) is 47.3 Å². The van der Waals surface area contributed by atoms with Gasteiger partial charge in [0, 0.05) is 35.0 Å². The first kappa shape index (κ1) is 24.0. The van der Waals surface area contributed by atoms with Crippen LogP contribution in [0.2, 0.25) is 0 Å². The highest BCUT2D eigenvalue weighted by Gasteiger charge is 2.37. The lowest BCUT2D eigenvalue weighted by Crippen LogP contribution is -2.38. The highest BCUT2D eigenvalue weighted by atomic mass is 35.5. The number of carbonyl (C=O) groups excluding carboxylic acids is 2. The number of benzene rings is 1. The fraction of sp³-hybridized carbons (Fsp3) is 0.542. The van der Waals surface area contributed by atoms with Crippen LogP contribution in [0, 0.1) is 11.8 Å². The van der Waals surface area contributed by atoms with Gasteiger partial charge in [0.25, 0.3) is 5.91 Å². The van der Waals surface area contributed by atoms with E-state index in [9.17, 15) is 14.4 Å². The molecule has 4 rings (SSSR count). The van der Waals surface area contributed by atoms with Gasteiger partial charge in [0.15, 0.2) is 0 Å². The van der Waals surface area contributed by atoms with Crippen molar-refractivity contribution >= 4 is 41.1 Å². The van der Waals surface area contributed by atoms with Crippen LogP contribution in [0.3, 0.4) is 0 Å². The number of hydrogen-bond acceptors (Lipinski definition) is 5. The minimum Gasteiger partial charge on any atom is -0.490 e. The molecule has 0 bridgehead atoms. The van der Waals surface area contributed by atoms with Crippen molar-refractivity contribution in [1.82, 2.24) is 10.6 Å². The number of carboxylic acids is 1. The molecule has 9 heteroatoms. The number of carbonyl (C=O) groups is 3. The van der Waals surface area contributed by atoms with Gasteiger partial charge in [0.05, 0.1) is 17.3 Å². The smallest absolute Gasteiger partial charge is 0.306 e. The van der Waals surface area contributed by atoms with Gasteiger partial charge in [-0.3, -0.25) is 14.4 Å². The molecular weight excluding hydrogens is 464 g/mol. The molecule has 1 aromatic rings. The molecule has 0 spiro atoms. The molecule has 1 unspecified atom stereocenters. The zero-order valence-electron chi connectivity index (χ0n) is 18.3. The first-order valence-electron chi connectivity index (χ1n) is 11.5. The Morgan fingerprint density at radius 1 is 1.00 bits per heavy atom. The number of hydrogen-bond donors (Lipinski definition) is 3. The largest absolute Gasteiger partial charge is 0.490 e. The van der Waals surface area contributed by atoms with Gasteiger partial charge in [-0.15, -0.1) is 11.8 Å². The summed E-state index contributed by atoms with van der Waals surface area (Å²) < 4.78 is 5.94. The van der Waals surface area contributed by atoms with E-state index in [0.717, 1.165) is 5.03 Å². The second-order valence-corrected chi connectivity index (χ2v) is 10.6. The van der Waals surface area contributed by atoms with Crippen molar-refractivity contribution in [3.8, 4) is 5.75 Å². The molecule has 3 N–H and O–H groups in total. The summed E-state index contributed by atoms with van der Waals surface area (Å²) in [7, 11) is 0. The van der Waals surface area contributed by atoms with Gasteiger partial charge in [-0.1, -0.05) is 11.6 Å². The Morgan fingerprint density at radius 3 is 2.30 bits per heavy atom. The molecule has 1 atom stereocenters. The van der Waals surface area contributed by atoms with Gasteiger partial charge in [-0.25, -0.2) is 0 Å². The monoisotopic (exact) mass is 492 g/mol. The Balaban J connectivity index is 1.14. The maximum Gasteiger partial charge on any atom is 0.306 e. The Bertz CT molecular complexity index is 923. The van der Waals surface area contributed by atoms with Gasteiger partial charge in [0.2, 0.25) is 5.91 Å². The molecule has 2 saturated carbocycles. The van der Waals surface area contributed by atoms with Crippen LogP contribution >= 0.6 is 23.4 Å². The van der Waals surface area contributed by atoms with E-state index in [0.29, 0.717) is 62.4 Å². The van der Waals surface area contributed by atoms with E-state index in [2.05, 4.69) is 10.6 Å². The molecule has 178 valence electrons. The molecule has 1 aromatic carbocycles. The normalized spacial score (nSPS) is 24.9. The minimum absolute atomic E-state index is 0.00681. The molecule has 3 aliphatic rings. The molecule has 0 saturated heterocycles. The van der Waals surface area contributed by atoms with Crippen LogP contribution in [0.25, 0.3) is 0 Å². The molecular formula is C24H29ClN2O5S. The molecule has 33 heavy (non-hydrogen) atoms. The summed E-state index contributed by atoms with van der Waals surface area (Å²) in [6.45, 7) is 0.696. The van der Waals surface area contributed by atoms with Crippen LogP contribution < -0.4 is 15.4 Å². The van der Waals surface area contributed by atoms with Crippen molar-refractivity contribution in [2.45, 2.75) is 56.3 Å².